The number of fused-ring (bicyclic) bond motifs is 1. The highest BCUT2D eigenvalue weighted by molar-refractivity contribution is 5.81. The zero-order valence-electron chi connectivity index (χ0n) is 12.2. The summed E-state index contributed by atoms with van der Waals surface area (Å²) in [4.78, 5) is 11.1. The Labute approximate surface area is 124 Å². The summed E-state index contributed by atoms with van der Waals surface area (Å²) in [6.07, 6.45) is 5.77. The zero-order chi connectivity index (χ0) is 15.3. The first-order chi connectivity index (χ1) is 10.1. The molecule has 2 fully saturated rings. The van der Waals surface area contributed by atoms with Crippen LogP contribution in [0.3, 0.4) is 0 Å². The van der Waals surface area contributed by atoms with E-state index in [1.165, 1.54) is 13.2 Å². The van der Waals surface area contributed by atoms with Gasteiger partial charge >= 0.3 is 5.97 Å². The second-order valence-electron chi connectivity index (χ2n) is 5.49. The molecule has 6 nitrogen and oxygen atoms in total. The standard InChI is InChI=1S/C15H21NO5/c1-19-14(18)7-5-12-9-15(10-17)13(20-12)6-4-11(21-15)3-2-8-16/h5,7,11-13,17H,2-4,6,9-10H2,1H3/b7-5+/t11?,12?,13-,15?/m0/s1. The molecule has 2 aliphatic heterocycles. The molecule has 21 heavy (non-hydrogen) atoms. The van der Waals surface area contributed by atoms with E-state index in [9.17, 15) is 9.90 Å². The Kier molecular flexibility index (Phi) is 5.34. The van der Waals surface area contributed by atoms with Crippen molar-refractivity contribution in [1.82, 2.24) is 0 Å². The molecule has 0 amide bonds. The number of aliphatic hydroxyl groups is 1. The lowest BCUT2D eigenvalue weighted by Gasteiger charge is -2.40. The molecule has 2 saturated heterocycles. The molecule has 2 aliphatic rings. The van der Waals surface area contributed by atoms with Crippen LogP contribution >= 0.6 is 0 Å². The molecular formula is C15H21NO5. The van der Waals surface area contributed by atoms with E-state index >= 15 is 0 Å². The molecule has 116 valence electrons. The maximum absolute atomic E-state index is 11.1. The first-order valence-electron chi connectivity index (χ1n) is 7.21. The Morgan fingerprint density at radius 3 is 3.05 bits per heavy atom. The lowest BCUT2D eigenvalue weighted by atomic mass is 9.86. The van der Waals surface area contributed by atoms with Crippen molar-refractivity contribution < 1.29 is 24.1 Å². The third kappa shape index (κ3) is 3.62. The highest BCUT2D eigenvalue weighted by Crippen LogP contribution is 2.42. The maximum Gasteiger partial charge on any atom is 0.330 e. The molecule has 1 N–H and O–H groups in total. The van der Waals surface area contributed by atoms with E-state index in [0.29, 0.717) is 19.3 Å². The molecule has 0 spiro atoms. The van der Waals surface area contributed by atoms with Crippen molar-refractivity contribution in [2.45, 2.75) is 56.0 Å². The molecule has 6 heteroatoms. The highest BCUT2D eigenvalue weighted by Gasteiger charge is 2.52. The van der Waals surface area contributed by atoms with Gasteiger partial charge in [0, 0.05) is 18.9 Å². The number of hydrogen-bond acceptors (Lipinski definition) is 6. The second kappa shape index (κ2) is 7.03. The Morgan fingerprint density at radius 1 is 1.57 bits per heavy atom. The largest absolute Gasteiger partial charge is 0.466 e. The number of methoxy groups -OCH3 is 1. The summed E-state index contributed by atoms with van der Waals surface area (Å²) in [5.74, 6) is -0.431. The molecule has 0 aliphatic carbocycles. The molecule has 0 aromatic rings. The minimum atomic E-state index is -0.719. The summed E-state index contributed by atoms with van der Waals surface area (Å²) in [5, 5.41) is 18.4. The SMILES string of the molecule is COC(=O)/C=C/C1CC2(CO)OC(CCC#N)CC[C@@H]2O1. The average molecular weight is 295 g/mol. The Hall–Kier alpha value is -1.42. The fourth-order valence-corrected chi connectivity index (χ4v) is 3.04. The van der Waals surface area contributed by atoms with Crippen molar-refractivity contribution in [1.29, 1.82) is 5.26 Å². The Balaban J connectivity index is 2.00. The summed E-state index contributed by atoms with van der Waals surface area (Å²) >= 11 is 0. The number of nitrogens with zero attached hydrogens (tertiary/aromatic N) is 1. The molecule has 0 radical (unpaired) electrons. The van der Waals surface area contributed by atoms with Crippen molar-refractivity contribution in [2.24, 2.45) is 0 Å². The molecule has 2 heterocycles. The molecular weight excluding hydrogens is 274 g/mol. The van der Waals surface area contributed by atoms with Crippen LogP contribution < -0.4 is 0 Å². The van der Waals surface area contributed by atoms with Crippen LogP contribution in [0.5, 0.6) is 0 Å². The van der Waals surface area contributed by atoms with Crippen molar-refractivity contribution in [3.63, 3.8) is 0 Å². The van der Waals surface area contributed by atoms with E-state index in [4.69, 9.17) is 14.7 Å². The van der Waals surface area contributed by atoms with E-state index < -0.39 is 11.6 Å². The van der Waals surface area contributed by atoms with E-state index in [0.717, 1.165) is 12.8 Å². The van der Waals surface area contributed by atoms with Gasteiger partial charge in [0.25, 0.3) is 0 Å². The third-order valence-electron chi connectivity index (χ3n) is 4.12. The van der Waals surface area contributed by atoms with Crippen molar-refractivity contribution in [2.75, 3.05) is 13.7 Å². The van der Waals surface area contributed by atoms with Crippen LogP contribution in [0.2, 0.25) is 0 Å². The number of rotatable bonds is 5. The number of nitriles is 1. The minimum absolute atomic E-state index is 0.0139. The van der Waals surface area contributed by atoms with Gasteiger partial charge in [-0.2, -0.15) is 5.26 Å². The van der Waals surface area contributed by atoms with Gasteiger partial charge < -0.3 is 19.3 Å². The van der Waals surface area contributed by atoms with Crippen LogP contribution in [0.1, 0.15) is 32.1 Å². The zero-order valence-corrected chi connectivity index (χ0v) is 12.2. The first-order valence-corrected chi connectivity index (χ1v) is 7.21. The van der Waals surface area contributed by atoms with Gasteiger partial charge in [-0.3, -0.25) is 0 Å². The van der Waals surface area contributed by atoms with Gasteiger partial charge in [-0.15, -0.1) is 0 Å². The number of carbonyl (C=O) groups is 1. The maximum atomic E-state index is 11.1. The topological polar surface area (TPSA) is 88.8 Å². The number of aliphatic hydroxyl groups excluding tert-OH is 1. The lowest BCUT2D eigenvalue weighted by molar-refractivity contribution is -0.182. The normalized spacial score (nSPS) is 35.4. The highest BCUT2D eigenvalue weighted by atomic mass is 16.6. The lowest BCUT2D eigenvalue weighted by Crippen LogP contribution is -2.51. The van der Waals surface area contributed by atoms with Crippen LogP contribution in [0, 0.1) is 11.3 Å². The predicted molar refractivity (Wildman–Crippen MR) is 73.2 cm³/mol. The van der Waals surface area contributed by atoms with Crippen molar-refractivity contribution in [3.8, 4) is 6.07 Å². The third-order valence-corrected chi connectivity index (χ3v) is 4.12. The smallest absolute Gasteiger partial charge is 0.330 e. The van der Waals surface area contributed by atoms with Gasteiger partial charge in [0.15, 0.2) is 0 Å². The molecule has 0 bridgehead atoms. The van der Waals surface area contributed by atoms with Crippen LogP contribution in [0.25, 0.3) is 0 Å². The van der Waals surface area contributed by atoms with Gasteiger partial charge in [0.05, 0.1) is 38.1 Å². The summed E-state index contributed by atoms with van der Waals surface area (Å²) in [6, 6.07) is 2.12. The van der Waals surface area contributed by atoms with Crippen molar-refractivity contribution >= 4 is 5.97 Å². The van der Waals surface area contributed by atoms with E-state index in [-0.39, 0.29) is 24.9 Å². The second-order valence-corrected chi connectivity index (χ2v) is 5.49. The number of ether oxygens (including phenoxy) is 3. The molecule has 0 aromatic carbocycles. The quantitative estimate of drug-likeness (QED) is 0.603. The monoisotopic (exact) mass is 295 g/mol. The molecule has 3 unspecified atom stereocenters. The predicted octanol–water partition coefficient (Wildman–Crippen LogP) is 1.09. The number of carbonyl (C=O) groups excluding carboxylic acids is 1. The molecule has 0 saturated carbocycles. The fraction of sp³-hybridized carbons (Fsp3) is 0.733. The number of esters is 1. The van der Waals surface area contributed by atoms with Crippen LogP contribution in [-0.2, 0) is 19.0 Å². The molecule has 2 rings (SSSR count). The summed E-state index contributed by atoms with van der Waals surface area (Å²) in [7, 11) is 1.32. The summed E-state index contributed by atoms with van der Waals surface area (Å²) in [6.45, 7) is -0.122. The van der Waals surface area contributed by atoms with Gasteiger partial charge in [0.2, 0.25) is 0 Å². The van der Waals surface area contributed by atoms with Crippen LogP contribution in [-0.4, -0.2) is 48.7 Å². The Morgan fingerprint density at radius 2 is 2.38 bits per heavy atom. The van der Waals surface area contributed by atoms with Gasteiger partial charge in [-0.05, 0) is 25.3 Å². The minimum Gasteiger partial charge on any atom is -0.466 e. The fourth-order valence-electron chi connectivity index (χ4n) is 3.04. The van der Waals surface area contributed by atoms with Gasteiger partial charge in [-0.1, -0.05) is 0 Å². The van der Waals surface area contributed by atoms with E-state index in [1.54, 1.807) is 6.08 Å². The van der Waals surface area contributed by atoms with Gasteiger partial charge in [0.1, 0.15) is 5.60 Å². The summed E-state index contributed by atoms with van der Waals surface area (Å²) < 4.78 is 16.4. The van der Waals surface area contributed by atoms with E-state index in [1.807, 2.05) is 0 Å². The summed E-state index contributed by atoms with van der Waals surface area (Å²) in [5.41, 5.74) is -0.719. The first kappa shape index (κ1) is 16.0. The molecule has 0 aromatic heterocycles. The number of hydrogen-bond donors (Lipinski definition) is 1. The Bertz CT molecular complexity index is 444. The molecule has 4 atom stereocenters. The average Bonchev–Trinajstić information content (AvgIpc) is 2.88. The van der Waals surface area contributed by atoms with E-state index in [2.05, 4.69) is 10.8 Å². The van der Waals surface area contributed by atoms with Crippen molar-refractivity contribution in [3.05, 3.63) is 12.2 Å². The van der Waals surface area contributed by atoms with Crippen LogP contribution in [0.15, 0.2) is 12.2 Å². The van der Waals surface area contributed by atoms with Gasteiger partial charge in [-0.25, -0.2) is 4.79 Å². The van der Waals surface area contributed by atoms with Crippen LogP contribution in [0.4, 0.5) is 0 Å².